The van der Waals surface area contributed by atoms with Crippen molar-refractivity contribution in [3.63, 3.8) is 0 Å². The molecule has 0 spiro atoms. The molecule has 0 radical (unpaired) electrons. The summed E-state index contributed by atoms with van der Waals surface area (Å²) in [6.07, 6.45) is 2.25. The Balaban J connectivity index is 3.01. The molecule has 2 atom stereocenters. The smallest absolute Gasteiger partial charge is 0.0948 e. The number of nitrogens with one attached hydrogen (secondary N) is 1. The maximum atomic E-state index is 10.6. The van der Waals surface area contributed by atoms with E-state index in [2.05, 4.69) is 51.7 Å². The van der Waals surface area contributed by atoms with E-state index >= 15 is 0 Å². The Hall–Kier alpha value is -1.12. The largest absolute Gasteiger partial charge is 0.387 e. The van der Waals surface area contributed by atoms with Crippen molar-refractivity contribution in [2.75, 3.05) is 6.54 Å². The predicted octanol–water partition coefficient (Wildman–Crippen LogP) is 3.20. The molecule has 0 heterocycles. The fourth-order valence-electron chi connectivity index (χ4n) is 2.57. The lowest BCUT2D eigenvalue weighted by molar-refractivity contribution is 0.127. The molecule has 100 valence electrons. The number of hydrogen-bond donors (Lipinski definition) is 2. The third-order valence-electron chi connectivity index (χ3n) is 3.38. The number of benzene rings is 1. The van der Waals surface area contributed by atoms with E-state index < -0.39 is 6.10 Å². The topological polar surface area (TPSA) is 32.3 Å². The van der Waals surface area contributed by atoms with Crippen molar-refractivity contribution in [2.45, 2.75) is 46.3 Å². The standard InChI is InChI=1S/C16H25NO/c1-6-8-17-14(7-2)16(18)15-12(4)9-11(3)10-13(15)5/h6,9-10,14,16-18H,1,7-8H2,2-5H3. The van der Waals surface area contributed by atoms with Gasteiger partial charge in [-0.05, 0) is 43.9 Å². The molecule has 0 bridgehead atoms. The zero-order chi connectivity index (χ0) is 13.7. The number of hydrogen-bond acceptors (Lipinski definition) is 2. The first-order valence-electron chi connectivity index (χ1n) is 6.61. The van der Waals surface area contributed by atoms with E-state index in [1.54, 1.807) is 0 Å². The Bertz CT molecular complexity index is 389. The van der Waals surface area contributed by atoms with Crippen LogP contribution >= 0.6 is 0 Å². The van der Waals surface area contributed by atoms with Gasteiger partial charge in [-0.25, -0.2) is 0 Å². The van der Waals surface area contributed by atoms with Crippen LogP contribution in [0.15, 0.2) is 24.8 Å². The van der Waals surface area contributed by atoms with Gasteiger partial charge in [-0.3, -0.25) is 0 Å². The number of aliphatic hydroxyl groups is 1. The average molecular weight is 247 g/mol. The van der Waals surface area contributed by atoms with Gasteiger partial charge in [-0.1, -0.05) is 30.7 Å². The third-order valence-corrected chi connectivity index (χ3v) is 3.38. The van der Waals surface area contributed by atoms with Gasteiger partial charge in [0.15, 0.2) is 0 Å². The first-order chi connectivity index (χ1) is 8.51. The van der Waals surface area contributed by atoms with Crippen LogP contribution < -0.4 is 5.32 Å². The van der Waals surface area contributed by atoms with Crippen molar-refractivity contribution in [1.29, 1.82) is 0 Å². The highest BCUT2D eigenvalue weighted by atomic mass is 16.3. The summed E-state index contributed by atoms with van der Waals surface area (Å²) in [6, 6.07) is 4.33. The maximum Gasteiger partial charge on any atom is 0.0948 e. The summed E-state index contributed by atoms with van der Waals surface area (Å²) in [5, 5.41) is 13.9. The zero-order valence-corrected chi connectivity index (χ0v) is 12.0. The molecule has 18 heavy (non-hydrogen) atoms. The van der Waals surface area contributed by atoms with Gasteiger partial charge in [0.2, 0.25) is 0 Å². The minimum atomic E-state index is -0.462. The van der Waals surface area contributed by atoms with E-state index in [0.717, 1.165) is 18.5 Å². The molecule has 0 saturated carbocycles. The maximum absolute atomic E-state index is 10.6. The number of aryl methyl sites for hydroxylation is 3. The molecule has 2 heteroatoms. The van der Waals surface area contributed by atoms with Crippen LogP contribution in [0.2, 0.25) is 0 Å². The molecule has 0 fully saturated rings. The first-order valence-corrected chi connectivity index (χ1v) is 6.61. The van der Waals surface area contributed by atoms with E-state index in [0.29, 0.717) is 0 Å². The van der Waals surface area contributed by atoms with Crippen molar-refractivity contribution >= 4 is 0 Å². The van der Waals surface area contributed by atoms with Crippen molar-refractivity contribution < 1.29 is 5.11 Å². The summed E-state index contributed by atoms with van der Waals surface area (Å²) in [5.74, 6) is 0. The van der Waals surface area contributed by atoms with E-state index in [9.17, 15) is 5.11 Å². The minimum absolute atomic E-state index is 0.0723. The Labute approximate surface area is 111 Å². The van der Waals surface area contributed by atoms with E-state index in [-0.39, 0.29) is 6.04 Å². The molecule has 1 rings (SSSR count). The van der Waals surface area contributed by atoms with Gasteiger partial charge in [0.05, 0.1) is 6.10 Å². The van der Waals surface area contributed by atoms with E-state index in [4.69, 9.17) is 0 Å². The molecule has 2 N–H and O–H groups in total. The first kappa shape index (κ1) is 14.9. The fourth-order valence-corrected chi connectivity index (χ4v) is 2.57. The highest BCUT2D eigenvalue weighted by Gasteiger charge is 2.21. The molecule has 0 saturated heterocycles. The van der Waals surface area contributed by atoms with Gasteiger partial charge >= 0.3 is 0 Å². The second-order valence-electron chi connectivity index (χ2n) is 4.97. The quantitative estimate of drug-likeness (QED) is 0.757. The van der Waals surface area contributed by atoms with Crippen molar-refractivity contribution in [1.82, 2.24) is 5.32 Å². The molecule has 0 amide bonds. The molecule has 0 aliphatic heterocycles. The monoisotopic (exact) mass is 247 g/mol. The predicted molar refractivity (Wildman–Crippen MR) is 77.9 cm³/mol. The molecule has 2 unspecified atom stereocenters. The molecular weight excluding hydrogens is 222 g/mol. The SMILES string of the molecule is C=CCNC(CC)C(O)c1c(C)cc(C)cc1C. The number of rotatable bonds is 6. The summed E-state index contributed by atoms with van der Waals surface area (Å²) < 4.78 is 0. The highest BCUT2D eigenvalue weighted by molar-refractivity contribution is 5.39. The van der Waals surface area contributed by atoms with Crippen LogP contribution in [0.3, 0.4) is 0 Å². The Morgan fingerprint density at radius 3 is 2.28 bits per heavy atom. The number of aliphatic hydroxyl groups excluding tert-OH is 1. The average Bonchev–Trinajstić information content (AvgIpc) is 2.28. The molecule has 1 aromatic rings. The summed E-state index contributed by atoms with van der Waals surface area (Å²) in [5.41, 5.74) is 4.63. The molecule has 2 nitrogen and oxygen atoms in total. The van der Waals surface area contributed by atoms with E-state index in [1.165, 1.54) is 16.7 Å². The Morgan fingerprint density at radius 1 is 1.28 bits per heavy atom. The third kappa shape index (κ3) is 3.44. The van der Waals surface area contributed by atoms with Gasteiger partial charge in [-0.15, -0.1) is 6.58 Å². The molecule has 0 aliphatic carbocycles. The lowest BCUT2D eigenvalue weighted by Crippen LogP contribution is -2.35. The molecule has 0 aromatic heterocycles. The lowest BCUT2D eigenvalue weighted by atomic mass is 9.91. The lowest BCUT2D eigenvalue weighted by Gasteiger charge is -2.26. The Kier molecular flexibility index (Phi) is 5.57. The van der Waals surface area contributed by atoms with E-state index in [1.807, 2.05) is 6.08 Å². The summed E-state index contributed by atoms with van der Waals surface area (Å²) in [4.78, 5) is 0. The van der Waals surface area contributed by atoms with Gasteiger partial charge in [0, 0.05) is 12.6 Å². The summed E-state index contributed by atoms with van der Waals surface area (Å²) in [7, 11) is 0. The molecule has 1 aromatic carbocycles. The van der Waals surface area contributed by atoms with Crippen LogP contribution in [0, 0.1) is 20.8 Å². The Morgan fingerprint density at radius 2 is 1.83 bits per heavy atom. The van der Waals surface area contributed by atoms with Crippen LogP contribution in [-0.2, 0) is 0 Å². The van der Waals surface area contributed by atoms with Gasteiger partial charge in [-0.2, -0.15) is 0 Å². The second kappa shape index (κ2) is 6.72. The summed E-state index contributed by atoms with van der Waals surface area (Å²) in [6.45, 7) is 12.7. The molecular formula is C16H25NO. The highest BCUT2D eigenvalue weighted by Crippen LogP contribution is 2.26. The second-order valence-corrected chi connectivity index (χ2v) is 4.97. The van der Waals surface area contributed by atoms with Crippen molar-refractivity contribution in [3.05, 3.63) is 47.0 Å². The molecule has 0 aliphatic rings. The van der Waals surface area contributed by atoms with Crippen LogP contribution in [0.1, 0.15) is 41.7 Å². The zero-order valence-electron chi connectivity index (χ0n) is 12.0. The van der Waals surface area contributed by atoms with Gasteiger partial charge in [0.25, 0.3) is 0 Å². The van der Waals surface area contributed by atoms with Gasteiger partial charge < -0.3 is 10.4 Å². The normalized spacial score (nSPS) is 14.3. The van der Waals surface area contributed by atoms with Crippen LogP contribution in [0.25, 0.3) is 0 Å². The van der Waals surface area contributed by atoms with Crippen LogP contribution in [-0.4, -0.2) is 17.7 Å². The van der Waals surface area contributed by atoms with Crippen molar-refractivity contribution in [3.8, 4) is 0 Å². The van der Waals surface area contributed by atoms with Crippen LogP contribution in [0.5, 0.6) is 0 Å². The van der Waals surface area contributed by atoms with Crippen molar-refractivity contribution in [2.24, 2.45) is 0 Å². The van der Waals surface area contributed by atoms with Crippen LogP contribution in [0.4, 0.5) is 0 Å². The fraction of sp³-hybridized carbons (Fsp3) is 0.500. The van der Waals surface area contributed by atoms with Gasteiger partial charge in [0.1, 0.15) is 0 Å². The minimum Gasteiger partial charge on any atom is -0.387 e. The summed E-state index contributed by atoms with van der Waals surface area (Å²) >= 11 is 0.